The van der Waals surface area contributed by atoms with Gasteiger partial charge in [0.1, 0.15) is 6.04 Å². The summed E-state index contributed by atoms with van der Waals surface area (Å²) in [6, 6.07) is -0.561. The minimum Gasteiger partial charge on any atom is -0.368 e. The summed E-state index contributed by atoms with van der Waals surface area (Å²) in [5, 5.41) is 2.52. The topological polar surface area (TPSA) is 72.2 Å². The van der Waals surface area contributed by atoms with Gasteiger partial charge in [-0.15, -0.1) is 0 Å². The Morgan fingerprint density at radius 2 is 2.00 bits per heavy atom. The Hall–Kier alpha value is -1.06. The molecule has 0 aromatic rings. The molecule has 0 saturated carbocycles. The van der Waals surface area contributed by atoms with E-state index in [9.17, 15) is 9.59 Å². The Labute approximate surface area is 78.9 Å². The molecule has 0 aliphatic carbocycles. The lowest BCUT2D eigenvalue weighted by atomic mass is 10.2. The first kappa shape index (κ1) is 11.9. The molecule has 13 heavy (non-hydrogen) atoms. The molecule has 2 amide bonds. The zero-order valence-electron chi connectivity index (χ0n) is 8.30. The van der Waals surface area contributed by atoms with Crippen molar-refractivity contribution in [3.63, 3.8) is 0 Å². The Bertz CT molecular complexity index is 180. The summed E-state index contributed by atoms with van der Waals surface area (Å²) >= 11 is 0. The molecule has 0 spiro atoms. The molecule has 0 heterocycles. The normalized spacial score (nSPS) is 12.2. The van der Waals surface area contributed by atoms with Gasteiger partial charge in [0.05, 0.1) is 0 Å². The molecule has 4 nitrogen and oxygen atoms in total. The highest BCUT2D eigenvalue weighted by atomic mass is 16.2. The Morgan fingerprint density at radius 3 is 2.46 bits per heavy atom. The lowest BCUT2D eigenvalue weighted by Gasteiger charge is -2.09. The SMILES string of the molecule is CCCCCC(=O)NC(C)C(N)=O. The first-order valence-electron chi connectivity index (χ1n) is 4.66. The number of amides is 2. The molecule has 3 N–H and O–H groups in total. The van der Waals surface area contributed by atoms with Crippen molar-refractivity contribution in [1.82, 2.24) is 5.32 Å². The van der Waals surface area contributed by atoms with E-state index in [0.29, 0.717) is 6.42 Å². The predicted molar refractivity (Wildman–Crippen MR) is 50.9 cm³/mol. The molecule has 4 heteroatoms. The van der Waals surface area contributed by atoms with Crippen LogP contribution in [0.5, 0.6) is 0 Å². The number of rotatable bonds is 6. The van der Waals surface area contributed by atoms with Crippen molar-refractivity contribution < 1.29 is 9.59 Å². The summed E-state index contributed by atoms with van der Waals surface area (Å²) in [6.07, 6.45) is 3.47. The van der Waals surface area contributed by atoms with Gasteiger partial charge >= 0.3 is 0 Å². The second-order valence-corrected chi connectivity index (χ2v) is 3.15. The van der Waals surface area contributed by atoms with Crippen molar-refractivity contribution in [1.29, 1.82) is 0 Å². The summed E-state index contributed by atoms with van der Waals surface area (Å²) in [7, 11) is 0. The van der Waals surface area contributed by atoms with Gasteiger partial charge < -0.3 is 11.1 Å². The quantitative estimate of drug-likeness (QED) is 0.595. The molecule has 0 bridgehead atoms. The van der Waals surface area contributed by atoms with Gasteiger partial charge in [-0.2, -0.15) is 0 Å². The lowest BCUT2D eigenvalue weighted by molar-refractivity contribution is -0.127. The number of unbranched alkanes of at least 4 members (excludes halogenated alkanes) is 2. The Morgan fingerprint density at radius 1 is 1.38 bits per heavy atom. The molecule has 76 valence electrons. The van der Waals surface area contributed by atoms with E-state index in [1.54, 1.807) is 6.92 Å². The average Bonchev–Trinajstić information content (AvgIpc) is 2.04. The molecular formula is C9H18N2O2. The van der Waals surface area contributed by atoms with Crippen molar-refractivity contribution in [3.8, 4) is 0 Å². The van der Waals surface area contributed by atoms with Crippen LogP contribution in [0.2, 0.25) is 0 Å². The summed E-state index contributed by atoms with van der Waals surface area (Å²) in [5.74, 6) is -0.594. The highest BCUT2D eigenvalue weighted by Gasteiger charge is 2.10. The van der Waals surface area contributed by atoms with E-state index in [1.807, 2.05) is 0 Å². The van der Waals surface area contributed by atoms with Crippen molar-refractivity contribution in [2.45, 2.75) is 45.6 Å². The fourth-order valence-electron chi connectivity index (χ4n) is 0.920. The van der Waals surface area contributed by atoms with Gasteiger partial charge in [0, 0.05) is 6.42 Å². The number of hydrogen-bond acceptors (Lipinski definition) is 2. The van der Waals surface area contributed by atoms with Gasteiger partial charge in [0.2, 0.25) is 11.8 Å². The minimum atomic E-state index is -0.561. The molecule has 1 atom stereocenters. The van der Waals surface area contributed by atoms with Gasteiger partial charge in [-0.3, -0.25) is 9.59 Å². The van der Waals surface area contributed by atoms with Crippen molar-refractivity contribution in [2.24, 2.45) is 5.73 Å². The molecule has 0 aliphatic rings. The summed E-state index contributed by atoms with van der Waals surface area (Å²) in [4.78, 5) is 21.7. The molecule has 0 saturated heterocycles. The molecule has 0 aromatic heterocycles. The van der Waals surface area contributed by atoms with Crippen LogP contribution >= 0.6 is 0 Å². The molecule has 1 unspecified atom stereocenters. The van der Waals surface area contributed by atoms with Gasteiger partial charge in [-0.25, -0.2) is 0 Å². The van der Waals surface area contributed by atoms with Gasteiger partial charge in [-0.05, 0) is 13.3 Å². The second kappa shape index (κ2) is 6.46. The maximum atomic E-state index is 11.1. The lowest BCUT2D eigenvalue weighted by Crippen LogP contribution is -2.42. The summed E-state index contributed by atoms with van der Waals surface area (Å²) in [5.41, 5.74) is 4.99. The Kier molecular flexibility index (Phi) is 5.93. The maximum absolute atomic E-state index is 11.1. The summed E-state index contributed by atoms with van der Waals surface area (Å²) < 4.78 is 0. The van der Waals surface area contributed by atoms with Gasteiger partial charge in [0.15, 0.2) is 0 Å². The number of nitrogens with one attached hydrogen (secondary N) is 1. The van der Waals surface area contributed by atoms with Crippen LogP contribution in [0.4, 0.5) is 0 Å². The molecule has 0 aromatic carbocycles. The van der Waals surface area contributed by atoms with Crippen LogP contribution in [0, 0.1) is 0 Å². The Balaban J connectivity index is 3.56. The van der Waals surface area contributed by atoms with Gasteiger partial charge in [-0.1, -0.05) is 19.8 Å². The van der Waals surface area contributed by atoms with Crippen LogP contribution in [0.1, 0.15) is 39.5 Å². The fourth-order valence-corrected chi connectivity index (χ4v) is 0.920. The van der Waals surface area contributed by atoms with Crippen LogP contribution in [0.3, 0.4) is 0 Å². The fraction of sp³-hybridized carbons (Fsp3) is 0.778. The third-order valence-electron chi connectivity index (χ3n) is 1.81. The third kappa shape index (κ3) is 6.13. The maximum Gasteiger partial charge on any atom is 0.239 e. The molecule has 0 fully saturated rings. The van der Waals surface area contributed by atoms with Crippen molar-refractivity contribution in [2.75, 3.05) is 0 Å². The monoisotopic (exact) mass is 186 g/mol. The zero-order valence-corrected chi connectivity index (χ0v) is 8.30. The number of hydrogen-bond donors (Lipinski definition) is 2. The number of carbonyl (C=O) groups is 2. The molecular weight excluding hydrogens is 168 g/mol. The van der Waals surface area contributed by atoms with Crippen LogP contribution < -0.4 is 11.1 Å². The standard InChI is InChI=1S/C9H18N2O2/c1-3-4-5-6-8(12)11-7(2)9(10)13/h7H,3-6H2,1-2H3,(H2,10,13)(H,11,12). The van der Waals surface area contributed by atoms with E-state index in [1.165, 1.54) is 0 Å². The van der Waals surface area contributed by atoms with Gasteiger partial charge in [0.25, 0.3) is 0 Å². The average molecular weight is 186 g/mol. The van der Waals surface area contributed by atoms with E-state index in [4.69, 9.17) is 5.73 Å². The smallest absolute Gasteiger partial charge is 0.239 e. The number of nitrogens with two attached hydrogens (primary N) is 1. The van der Waals surface area contributed by atoms with Crippen LogP contribution in [-0.4, -0.2) is 17.9 Å². The van der Waals surface area contributed by atoms with Crippen LogP contribution in [0.25, 0.3) is 0 Å². The first-order chi connectivity index (χ1) is 6.07. The highest BCUT2D eigenvalue weighted by Crippen LogP contribution is 1.98. The van der Waals surface area contributed by atoms with Crippen molar-refractivity contribution >= 4 is 11.8 Å². The highest BCUT2D eigenvalue weighted by molar-refractivity contribution is 5.86. The van der Waals surface area contributed by atoms with Crippen LogP contribution in [0.15, 0.2) is 0 Å². The largest absolute Gasteiger partial charge is 0.368 e. The van der Waals surface area contributed by atoms with E-state index < -0.39 is 11.9 Å². The second-order valence-electron chi connectivity index (χ2n) is 3.15. The zero-order chi connectivity index (χ0) is 10.3. The van der Waals surface area contributed by atoms with E-state index >= 15 is 0 Å². The summed E-state index contributed by atoms with van der Waals surface area (Å²) in [6.45, 7) is 3.66. The van der Waals surface area contributed by atoms with Crippen molar-refractivity contribution in [3.05, 3.63) is 0 Å². The minimum absolute atomic E-state index is 0.0975. The molecule has 0 radical (unpaired) electrons. The van der Waals surface area contributed by atoms with E-state index in [0.717, 1.165) is 19.3 Å². The van der Waals surface area contributed by atoms with E-state index in [2.05, 4.69) is 12.2 Å². The number of primary amides is 1. The molecule has 0 aliphatic heterocycles. The first-order valence-corrected chi connectivity index (χ1v) is 4.66. The predicted octanol–water partition coefficient (Wildman–Crippen LogP) is 0.557. The van der Waals surface area contributed by atoms with Crippen LogP contribution in [-0.2, 0) is 9.59 Å². The molecule has 0 rings (SSSR count). The van der Waals surface area contributed by atoms with E-state index in [-0.39, 0.29) is 5.91 Å². The third-order valence-corrected chi connectivity index (χ3v) is 1.81. The number of carbonyl (C=O) groups excluding carboxylic acids is 2.